The molecule has 0 aromatic heterocycles. The quantitative estimate of drug-likeness (QED) is 0.797. The molecule has 0 radical (unpaired) electrons. The van der Waals surface area contributed by atoms with Crippen LogP contribution in [0.25, 0.3) is 0 Å². The first-order valence-electron chi connectivity index (χ1n) is 6.09. The number of nitrogens with one attached hydrogen (secondary N) is 2. The molecule has 1 aromatic carbocycles. The molecule has 2 amide bonds. The summed E-state index contributed by atoms with van der Waals surface area (Å²) in [6.45, 7) is 1.96. The van der Waals surface area contributed by atoms with E-state index in [-0.39, 0.29) is 12.4 Å². The van der Waals surface area contributed by atoms with Gasteiger partial charge in [0.15, 0.2) is 0 Å². The van der Waals surface area contributed by atoms with E-state index in [0.717, 1.165) is 11.3 Å². The highest BCUT2D eigenvalue weighted by molar-refractivity contribution is 7.99. The predicted octanol–water partition coefficient (Wildman–Crippen LogP) is 2.12. The lowest BCUT2D eigenvalue weighted by Crippen LogP contribution is -2.44. The first-order valence-corrected chi connectivity index (χ1v) is 7.25. The molecule has 1 fully saturated rings. The SMILES string of the molecule is Cc1cc(F)cc(NC(=O)NCC2(O)CCSC2)c1. The van der Waals surface area contributed by atoms with E-state index in [2.05, 4.69) is 10.6 Å². The molecule has 4 nitrogen and oxygen atoms in total. The summed E-state index contributed by atoms with van der Waals surface area (Å²) in [5, 5.41) is 15.2. The third kappa shape index (κ3) is 4.11. The van der Waals surface area contributed by atoms with Gasteiger partial charge in [-0.1, -0.05) is 0 Å². The Bertz CT molecular complexity index is 455. The van der Waals surface area contributed by atoms with Gasteiger partial charge in [-0.15, -0.1) is 0 Å². The highest BCUT2D eigenvalue weighted by Crippen LogP contribution is 2.26. The number of carbonyl (C=O) groups excluding carboxylic acids is 1. The number of urea groups is 1. The van der Waals surface area contributed by atoms with E-state index >= 15 is 0 Å². The predicted molar refractivity (Wildman–Crippen MR) is 75.1 cm³/mol. The van der Waals surface area contributed by atoms with Crippen molar-refractivity contribution in [1.29, 1.82) is 0 Å². The molecule has 104 valence electrons. The van der Waals surface area contributed by atoms with Gasteiger partial charge in [0.1, 0.15) is 5.82 Å². The van der Waals surface area contributed by atoms with Crippen molar-refractivity contribution in [2.75, 3.05) is 23.4 Å². The van der Waals surface area contributed by atoms with E-state index in [4.69, 9.17) is 0 Å². The Morgan fingerprint density at radius 3 is 2.95 bits per heavy atom. The van der Waals surface area contributed by atoms with Crippen LogP contribution in [-0.2, 0) is 0 Å². The van der Waals surface area contributed by atoms with Crippen LogP contribution in [0, 0.1) is 12.7 Å². The maximum atomic E-state index is 13.2. The third-order valence-corrected chi connectivity index (χ3v) is 4.19. The zero-order chi connectivity index (χ0) is 13.9. The highest BCUT2D eigenvalue weighted by atomic mass is 32.2. The Morgan fingerprint density at radius 2 is 2.32 bits per heavy atom. The molecule has 19 heavy (non-hydrogen) atoms. The topological polar surface area (TPSA) is 61.4 Å². The maximum Gasteiger partial charge on any atom is 0.319 e. The second-order valence-corrected chi connectivity index (χ2v) is 5.96. The molecule has 2 rings (SSSR count). The molecule has 1 aromatic rings. The zero-order valence-corrected chi connectivity index (χ0v) is 11.5. The lowest BCUT2D eigenvalue weighted by atomic mass is 10.0. The van der Waals surface area contributed by atoms with Gasteiger partial charge in [-0.25, -0.2) is 9.18 Å². The van der Waals surface area contributed by atoms with Crippen molar-refractivity contribution in [3.05, 3.63) is 29.6 Å². The average Bonchev–Trinajstić information content (AvgIpc) is 2.73. The summed E-state index contributed by atoms with van der Waals surface area (Å²) in [5.74, 6) is 1.15. The van der Waals surface area contributed by atoms with Gasteiger partial charge in [0.05, 0.1) is 5.60 Å². The summed E-state index contributed by atoms with van der Waals surface area (Å²) in [7, 11) is 0. The lowest BCUT2D eigenvalue weighted by Gasteiger charge is -2.21. The van der Waals surface area contributed by atoms with Gasteiger partial charge >= 0.3 is 6.03 Å². The Balaban J connectivity index is 1.87. The monoisotopic (exact) mass is 284 g/mol. The smallest absolute Gasteiger partial charge is 0.319 e. The first kappa shape index (κ1) is 14.1. The molecule has 1 atom stereocenters. The highest BCUT2D eigenvalue weighted by Gasteiger charge is 2.31. The molecule has 0 bridgehead atoms. The maximum absolute atomic E-state index is 13.2. The van der Waals surface area contributed by atoms with Crippen LogP contribution in [0.15, 0.2) is 18.2 Å². The van der Waals surface area contributed by atoms with Crippen molar-refractivity contribution in [3.8, 4) is 0 Å². The molecule has 3 N–H and O–H groups in total. The summed E-state index contributed by atoms with van der Waals surface area (Å²) < 4.78 is 13.2. The summed E-state index contributed by atoms with van der Waals surface area (Å²) in [6, 6.07) is 3.90. The van der Waals surface area contributed by atoms with Gasteiger partial charge < -0.3 is 15.7 Å². The van der Waals surface area contributed by atoms with E-state index in [0.29, 0.717) is 17.9 Å². The number of aliphatic hydroxyl groups is 1. The fourth-order valence-electron chi connectivity index (χ4n) is 1.96. The number of carbonyl (C=O) groups is 1. The number of benzene rings is 1. The van der Waals surface area contributed by atoms with E-state index in [1.54, 1.807) is 24.8 Å². The van der Waals surface area contributed by atoms with Gasteiger partial charge in [0.2, 0.25) is 0 Å². The number of aryl methyl sites for hydroxylation is 1. The normalized spacial score (nSPS) is 22.3. The number of thioether (sulfide) groups is 1. The van der Waals surface area contributed by atoms with Gasteiger partial charge in [-0.3, -0.25) is 0 Å². The van der Waals surface area contributed by atoms with Crippen molar-refractivity contribution in [2.45, 2.75) is 18.9 Å². The number of hydrogen-bond donors (Lipinski definition) is 3. The summed E-state index contributed by atoms with van der Waals surface area (Å²) in [6.07, 6.45) is 0.678. The number of rotatable bonds is 3. The molecule has 1 heterocycles. The summed E-state index contributed by atoms with van der Waals surface area (Å²) in [4.78, 5) is 11.7. The third-order valence-electron chi connectivity index (χ3n) is 2.96. The molecular weight excluding hydrogens is 267 g/mol. The first-order chi connectivity index (χ1) is 8.97. The minimum atomic E-state index is -0.820. The average molecular weight is 284 g/mol. The molecule has 0 saturated carbocycles. The van der Waals surface area contributed by atoms with E-state index in [1.165, 1.54) is 12.1 Å². The molecular formula is C13H17FN2O2S. The Kier molecular flexibility index (Phi) is 4.31. The minimum absolute atomic E-state index is 0.208. The number of anilines is 1. The molecule has 1 unspecified atom stereocenters. The number of halogens is 1. The Hall–Kier alpha value is -1.27. The molecule has 1 aliphatic rings. The van der Waals surface area contributed by atoms with Crippen molar-refractivity contribution in [2.24, 2.45) is 0 Å². The van der Waals surface area contributed by atoms with Crippen molar-refractivity contribution < 1.29 is 14.3 Å². The van der Waals surface area contributed by atoms with Crippen LogP contribution in [-0.4, -0.2) is 34.8 Å². The number of hydrogen-bond acceptors (Lipinski definition) is 3. The van der Waals surface area contributed by atoms with Crippen LogP contribution < -0.4 is 10.6 Å². The van der Waals surface area contributed by atoms with Crippen LogP contribution in [0.1, 0.15) is 12.0 Å². The van der Waals surface area contributed by atoms with Gasteiger partial charge in [0, 0.05) is 18.0 Å². The fourth-order valence-corrected chi connectivity index (χ4v) is 3.26. The van der Waals surface area contributed by atoms with E-state index in [9.17, 15) is 14.3 Å². The van der Waals surface area contributed by atoms with Crippen LogP contribution in [0.5, 0.6) is 0 Å². The molecule has 6 heteroatoms. The standard InChI is InChI=1S/C13H17FN2O2S/c1-9-4-10(14)6-11(5-9)16-12(17)15-7-13(18)2-3-19-8-13/h4-6,18H,2-3,7-8H2,1H3,(H2,15,16,17). The van der Waals surface area contributed by atoms with Crippen LogP contribution in [0.2, 0.25) is 0 Å². The second-order valence-electron chi connectivity index (χ2n) is 4.85. The Morgan fingerprint density at radius 1 is 1.53 bits per heavy atom. The summed E-state index contributed by atoms with van der Waals surface area (Å²) >= 11 is 1.67. The minimum Gasteiger partial charge on any atom is -0.387 e. The second kappa shape index (κ2) is 5.79. The lowest BCUT2D eigenvalue weighted by molar-refractivity contribution is 0.0706. The number of amides is 2. The van der Waals surface area contributed by atoms with Gasteiger partial charge in [0.25, 0.3) is 0 Å². The van der Waals surface area contributed by atoms with Crippen LogP contribution >= 0.6 is 11.8 Å². The van der Waals surface area contributed by atoms with Crippen molar-refractivity contribution in [3.63, 3.8) is 0 Å². The molecule has 0 spiro atoms. The van der Waals surface area contributed by atoms with Crippen molar-refractivity contribution >= 4 is 23.5 Å². The summed E-state index contributed by atoms with van der Waals surface area (Å²) in [5.41, 5.74) is 0.323. The van der Waals surface area contributed by atoms with Gasteiger partial charge in [-0.2, -0.15) is 11.8 Å². The van der Waals surface area contributed by atoms with Crippen LogP contribution in [0.3, 0.4) is 0 Å². The van der Waals surface area contributed by atoms with E-state index in [1.807, 2.05) is 0 Å². The van der Waals surface area contributed by atoms with Gasteiger partial charge in [-0.05, 0) is 42.9 Å². The molecule has 1 aliphatic heterocycles. The van der Waals surface area contributed by atoms with Crippen molar-refractivity contribution in [1.82, 2.24) is 5.32 Å². The fraction of sp³-hybridized carbons (Fsp3) is 0.462. The van der Waals surface area contributed by atoms with Crippen LogP contribution in [0.4, 0.5) is 14.9 Å². The largest absolute Gasteiger partial charge is 0.387 e. The molecule has 0 aliphatic carbocycles. The van der Waals surface area contributed by atoms with E-state index < -0.39 is 11.6 Å². The zero-order valence-electron chi connectivity index (χ0n) is 10.7. The molecule has 1 saturated heterocycles. The Labute approximate surface area is 115 Å².